The van der Waals surface area contributed by atoms with Crippen molar-refractivity contribution < 1.29 is 4.79 Å². The summed E-state index contributed by atoms with van der Waals surface area (Å²) in [5.41, 5.74) is 3.24. The number of hydrogen-bond donors (Lipinski definition) is 0. The highest BCUT2D eigenvalue weighted by Gasteiger charge is 2.21. The molecule has 0 aliphatic heterocycles. The maximum atomic E-state index is 13.3. The molecule has 0 radical (unpaired) electrons. The van der Waals surface area contributed by atoms with Crippen molar-refractivity contribution >= 4 is 17.4 Å². The third-order valence-electron chi connectivity index (χ3n) is 4.27. The molecule has 0 atom stereocenters. The smallest absolute Gasteiger partial charge is 0.264 e. The van der Waals surface area contributed by atoms with Crippen LogP contribution < -0.4 is 4.90 Å². The summed E-state index contributed by atoms with van der Waals surface area (Å²) < 4.78 is 0. The van der Waals surface area contributed by atoms with E-state index in [0.717, 1.165) is 16.9 Å². The zero-order chi connectivity index (χ0) is 18.5. The largest absolute Gasteiger partial charge is 0.268 e. The molecule has 0 spiro atoms. The second kappa shape index (κ2) is 7.67. The summed E-state index contributed by atoms with van der Waals surface area (Å²) in [6, 6.07) is 34.6. The summed E-state index contributed by atoms with van der Waals surface area (Å²) in [7, 11) is 0. The molecule has 4 aromatic rings. The minimum atomic E-state index is -0.112. The molecule has 0 bridgehead atoms. The molecule has 27 heavy (non-hydrogen) atoms. The summed E-state index contributed by atoms with van der Waals surface area (Å²) in [5, 5.41) is 0. The predicted octanol–water partition coefficient (Wildman–Crippen LogP) is 5.73. The quantitative estimate of drug-likeness (QED) is 0.471. The standard InChI is InChI=1S/C24H18N2O/c27-24(20-13-6-2-7-14-20)26(21-15-8-3-9-16-21)23-18-10-17-22(25-23)19-11-4-1-5-12-19/h1-18H. The number of rotatable bonds is 4. The first-order chi connectivity index (χ1) is 13.3. The SMILES string of the molecule is O=C(c1ccccc1)N(c1ccccc1)c1cccc(-c2ccccc2)n1. The van der Waals surface area contributed by atoms with Crippen molar-refractivity contribution in [1.82, 2.24) is 4.98 Å². The fraction of sp³-hybridized carbons (Fsp3) is 0. The van der Waals surface area contributed by atoms with Crippen LogP contribution in [0.1, 0.15) is 10.4 Å². The molecule has 130 valence electrons. The van der Waals surface area contributed by atoms with Crippen LogP contribution in [0.5, 0.6) is 0 Å². The number of carbonyl (C=O) groups is 1. The summed E-state index contributed by atoms with van der Waals surface area (Å²) >= 11 is 0. The van der Waals surface area contributed by atoms with E-state index in [9.17, 15) is 4.79 Å². The molecule has 0 saturated carbocycles. The molecule has 0 unspecified atom stereocenters. The second-order valence-electron chi connectivity index (χ2n) is 6.09. The van der Waals surface area contributed by atoms with Gasteiger partial charge in [0.15, 0.2) is 0 Å². The summed E-state index contributed by atoms with van der Waals surface area (Å²) in [4.78, 5) is 19.7. The van der Waals surface area contributed by atoms with E-state index in [4.69, 9.17) is 4.98 Å². The van der Waals surface area contributed by atoms with E-state index < -0.39 is 0 Å². The van der Waals surface area contributed by atoms with Crippen LogP contribution in [0.15, 0.2) is 109 Å². The molecule has 0 aliphatic rings. The molecule has 0 saturated heterocycles. The lowest BCUT2D eigenvalue weighted by atomic mass is 10.1. The number of hydrogen-bond acceptors (Lipinski definition) is 2. The fourth-order valence-electron chi connectivity index (χ4n) is 2.96. The average Bonchev–Trinajstić information content (AvgIpc) is 2.76. The van der Waals surface area contributed by atoms with Gasteiger partial charge in [0.05, 0.1) is 11.4 Å². The van der Waals surface area contributed by atoms with Crippen LogP contribution in [0.25, 0.3) is 11.3 Å². The lowest BCUT2D eigenvalue weighted by Gasteiger charge is -2.22. The first-order valence-electron chi connectivity index (χ1n) is 8.80. The van der Waals surface area contributed by atoms with Crippen molar-refractivity contribution in [2.24, 2.45) is 0 Å². The van der Waals surface area contributed by atoms with Gasteiger partial charge in [0, 0.05) is 11.1 Å². The van der Waals surface area contributed by atoms with Crippen LogP contribution in [0.3, 0.4) is 0 Å². The normalized spacial score (nSPS) is 10.4. The number of aromatic nitrogens is 1. The van der Waals surface area contributed by atoms with Gasteiger partial charge in [0.2, 0.25) is 0 Å². The molecular weight excluding hydrogens is 332 g/mol. The first-order valence-corrected chi connectivity index (χ1v) is 8.80. The highest BCUT2D eigenvalue weighted by molar-refractivity contribution is 6.10. The molecule has 3 nitrogen and oxygen atoms in total. The van der Waals surface area contributed by atoms with Gasteiger partial charge in [-0.25, -0.2) is 4.98 Å². The minimum absolute atomic E-state index is 0.112. The monoisotopic (exact) mass is 350 g/mol. The van der Waals surface area contributed by atoms with Crippen molar-refractivity contribution in [2.45, 2.75) is 0 Å². The number of amides is 1. The first kappa shape index (κ1) is 16.7. The van der Waals surface area contributed by atoms with Gasteiger partial charge >= 0.3 is 0 Å². The Morgan fingerprint density at radius 2 is 1.22 bits per heavy atom. The Morgan fingerprint density at radius 1 is 0.630 bits per heavy atom. The third kappa shape index (κ3) is 3.62. The number of nitrogens with zero attached hydrogens (tertiary/aromatic N) is 2. The Bertz CT molecular complexity index is 1030. The van der Waals surface area contributed by atoms with Crippen molar-refractivity contribution in [1.29, 1.82) is 0 Å². The fourth-order valence-corrected chi connectivity index (χ4v) is 2.96. The Balaban J connectivity index is 1.81. The Morgan fingerprint density at radius 3 is 1.89 bits per heavy atom. The lowest BCUT2D eigenvalue weighted by molar-refractivity contribution is 0.0998. The zero-order valence-electron chi connectivity index (χ0n) is 14.7. The van der Waals surface area contributed by atoms with Crippen molar-refractivity contribution in [2.75, 3.05) is 4.90 Å². The Kier molecular flexibility index (Phi) is 4.75. The highest BCUT2D eigenvalue weighted by atomic mass is 16.2. The van der Waals surface area contributed by atoms with Crippen LogP contribution >= 0.6 is 0 Å². The molecule has 0 aliphatic carbocycles. The molecule has 3 heteroatoms. The van der Waals surface area contributed by atoms with Gasteiger partial charge in [-0.3, -0.25) is 9.69 Å². The van der Waals surface area contributed by atoms with Crippen LogP contribution in [0.2, 0.25) is 0 Å². The van der Waals surface area contributed by atoms with Crippen LogP contribution in [0, 0.1) is 0 Å². The molecule has 3 aromatic carbocycles. The number of anilines is 2. The van der Waals surface area contributed by atoms with E-state index in [-0.39, 0.29) is 5.91 Å². The Labute approximate surface area is 158 Å². The van der Waals surface area contributed by atoms with E-state index in [1.807, 2.05) is 109 Å². The van der Waals surface area contributed by atoms with Gasteiger partial charge in [0.25, 0.3) is 5.91 Å². The number of para-hydroxylation sites is 1. The van der Waals surface area contributed by atoms with Crippen LogP contribution in [0.4, 0.5) is 11.5 Å². The summed E-state index contributed by atoms with van der Waals surface area (Å²) in [6.45, 7) is 0. The van der Waals surface area contributed by atoms with Gasteiger partial charge in [0.1, 0.15) is 5.82 Å². The van der Waals surface area contributed by atoms with Gasteiger partial charge in [-0.2, -0.15) is 0 Å². The molecule has 4 rings (SSSR count). The summed E-state index contributed by atoms with van der Waals surface area (Å²) in [6.07, 6.45) is 0. The lowest BCUT2D eigenvalue weighted by Crippen LogP contribution is -2.26. The van der Waals surface area contributed by atoms with Crippen LogP contribution in [-0.2, 0) is 0 Å². The molecule has 1 heterocycles. The number of benzene rings is 3. The van der Waals surface area contributed by atoms with Gasteiger partial charge in [-0.1, -0.05) is 72.8 Å². The summed E-state index contributed by atoms with van der Waals surface area (Å²) in [5.74, 6) is 0.482. The minimum Gasteiger partial charge on any atom is -0.268 e. The molecule has 0 fully saturated rings. The van der Waals surface area contributed by atoms with Crippen molar-refractivity contribution in [3.05, 3.63) is 115 Å². The van der Waals surface area contributed by atoms with E-state index in [1.54, 1.807) is 4.90 Å². The molecule has 1 amide bonds. The number of carbonyl (C=O) groups excluding carboxylic acids is 1. The highest BCUT2D eigenvalue weighted by Crippen LogP contribution is 2.28. The Hall–Kier alpha value is -3.72. The molecule has 0 N–H and O–H groups in total. The molecular formula is C24H18N2O. The zero-order valence-corrected chi connectivity index (χ0v) is 14.7. The van der Waals surface area contributed by atoms with Gasteiger partial charge < -0.3 is 0 Å². The maximum Gasteiger partial charge on any atom is 0.264 e. The van der Waals surface area contributed by atoms with Crippen LogP contribution in [-0.4, -0.2) is 10.9 Å². The third-order valence-corrected chi connectivity index (χ3v) is 4.27. The average molecular weight is 350 g/mol. The maximum absolute atomic E-state index is 13.3. The van der Waals surface area contributed by atoms with E-state index in [1.165, 1.54) is 0 Å². The predicted molar refractivity (Wildman–Crippen MR) is 109 cm³/mol. The topological polar surface area (TPSA) is 33.2 Å². The van der Waals surface area contributed by atoms with Gasteiger partial charge in [-0.05, 0) is 36.4 Å². The van der Waals surface area contributed by atoms with Crippen molar-refractivity contribution in [3.8, 4) is 11.3 Å². The van der Waals surface area contributed by atoms with Crippen molar-refractivity contribution in [3.63, 3.8) is 0 Å². The van der Waals surface area contributed by atoms with E-state index in [2.05, 4.69) is 0 Å². The second-order valence-corrected chi connectivity index (χ2v) is 6.09. The molecule has 1 aromatic heterocycles. The van der Waals surface area contributed by atoms with Gasteiger partial charge in [-0.15, -0.1) is 0 Å². The van der Waals surface area contributed by atoms with E-state index in [0.29, 0.717) is 11.4 Å². The number of pyridine rings is 1. The van der Waals surface area contributed by atoms with E-state index >= 15 is 0 Å².